The first-order valence-electron chi connectivity index (χ1n) is 10.6. The normalized spacial score (nSPS) is 15.2. The third-order valence-corrected chi connectivity index (χ3v) is 7.60. The van der Waals surface area contributed by atoms with Gasteiger partial charge < -0.3 is 14.4 Å². The Kier molecular flexibility index (Phi) is 6.67. The van der Waals surface area contributed by atoms with Crippen molar-refractivity contribution < 1.29 is 22.7 Å². The SMILES string of the molecule is COc1cc(/C=C/C(=O)N2CCN(S(=O)(=O)c3ccc4ccccc4c3)CC2)cc(OC)c1. The predicted molar refractivity (Wildman–Crippen MR) is 128 cm³/mol. The number of carbonyl (C=O) groups is 1. The van der Waals surface area contributed by atoms with Gasteiger partial charge in [0.05, 0.1) is 19.1 Å². The average Bonchev–Trinajstić information content (AvgIpc) is 2.86. The molecule has 8 heteroatoms. The minimum absolute atomic E-state index is 0.167. The highest BCUT2D eigenvalue weighted by atomic mass is 32.2. The number of methoxy groups -OCH3 is 2. The number of fused-ring (bicyclic) bond motifs is 1. The maximum absolute atomic E-state index is 13.1. The van der Waals surface area contributed by atoms with Crippen LogP contribution in [0.15, 0.2) is 71.6 Å². The lowest BCUT2D eigenvalue weighted by Crippen LogP contribution is -2.50. The number of hydrogen-bond donors (Lipinski definition) is 0. The summed E-state index contributed by atoms with van der Waals surface area (Å²) in [5.41, 5.74) is 0.775. The molecular weight excluding hydrogens is 440 g/mol. The van der Waals surface area contributed by atoms with E-state index in [1.54, 1.807) is 55.5 Å². The van der Waals surface area contributed by atoms with Gasteiger partial charge in [0.2, 0.25) is 15.9 Å². The summed E-state index contributed by atoms with van der Waals surface area (Å²) < 4.78 is 38.2. The van der Waals surface area contributed by atoms with Crippen molar-refractivity contribution in [1.29, 1.82) is 0 Å². The van der Waals surface area contributed by atoms with Crippen LogP contribution in [0, 0.1) is 0 Å². The summed E-state index contributed by atoms with van der Waals surface area (Å²) in [6.45, 7) is 1.16. The van der Waals surface area contributed by atoms with Gasteiger partial charge in [-0.2, -0.15) is 4.31 Å². The van der Waals surface area contributed by atoms with Crippen LogP contribution in [0.2, 0.25) is 0 Å². The standard InChI is InChI=1S/C25H26N2O5S/c1-31-22-15-19(16-23(18-22)32-2)7-10-25(28)26-11-13-27(14-12-26)33(29,30)24-9-8-20-5-3-4-6-21(20)17-24/h3-10,15-18H,11-14H2,1-2H3/b10-7+. The van der Waals surface area contributed by atoms with Crippen LogP contribution in [0.5, 0.6) is 11.5 Å². The Hall–Kier alpha value is -3.36. The lowest BCUT2D eigenvalue weighted by atomic mass is 10.1. The summed E-state index contributed by atoms with van der Waals surface area (Å²) in [4.78, 5) is 14.6. The molecule has 0 atom stereocenters. The molecule has 7 nitrogen and oxygen atoms in total. The van der Waals surface area contributed by atoms with Crippen LogP contribution in [0.1, 0.15) is 5.56 Å². The fraction of sp³-hybridized carbons (Fsp3) is 0.240. The second kappa shape index (κ2) is 9.64. The number of nitrogens with zero attached hydrogens (tertiary/aromatic N) is 2. The van der Waals surface area contributed by atoms with Gasteiger partial charge in [0.25, 0.3) is 0 Å². The molecule has 1 aliphatic rings. The van der Waals surface area contributed by atoms with E-state index in [1.807, 2.05) is 30.3 Å². The lowest BCUT2D eigenvalue weighted by Gasteiger charge is -2.33. The minimum Gasteiger partial charge on any atom is -0.497 e. The molecule has 0 spiro atoms. The fourth-order valence-electron chi connectivity index (χ4n) is 3.82. The Morgan fingerprint density at radius 1 is 0.848 bits per heavy atom. The van der Waals surface area contributed by atoms with E-state index in [-0.39, 0.29) is 23.9 Å². The molecule has 0 bridgehead atoms. The molecule has 33 heavy (non-hydrogen) atoms. The first-order valence-corrected chi connectivity index (χ1v) is 12.0. The van der Waals surface area contributed by atoms with Crippen LogP contribution >= 0.6 is 0 Å². The summed E-state index contributed by atoms with van der Waals surface area (Å²) in [7, 11) is -0.487. The largest absolute Gasteiger partial charge is 0.497 e. The topological polar surface area (TPSA) is 76.2 Å². The van der Waals surface area contributed by atoms with E-state index in [4.69, 9.17) is 9.47 Å². The van der Waals surface area contributed by atoms with Crippen LogP contribution in [-0.2, 0) is 14.8 Å². The van der Waals surface area contributed by atoms with Gasteiger partial charge in [0, 0.05) is 38.3 Å². The van der Waals surface area contributed by atoms with Crippen LogP contribution in [-0.4, -0.2) is 63.9 Å². The van der Waals surface area contributed by atoms with E-state index in [9.17, 15) is 13.2 Å². The molecule has 1 heterocycles. The molecule has 3 aromatic carbocycles. The molecule has 0 aliphatic carbocycles. The molecule has 172 valence electrons. The first kappa shape index (κ1) is 22.8. The highest BCUT2D eigenvalue weighted by Gasteiger charge is 2.29. The second-order valence-corrected chi connectivity index (χ2v) is 9.66. The number of hydrogen-bond acceptors (Lipinski definition) is 5. The number of ether oxygens (including phenoxy) is 2. The summed E-state index contributed by atoms with van der Waals surface area (Å²) in [5.74, 6) is 1.10. The second-order valence-electron chi connectivity index (χ2n) is 7.72. The van der Waals surface area contributed by atoms with Crippen molar-refractivity contribution in [2.24, 2.45) is 0 Å². The Morgan fingerprint density at radius 3 is 2.12 bits per heavy atom. The zero-order valence-electron chi connectivity index (χ0n) is 18.6. The average molecular weight is 467 g/mol. The van der Waals surface area contributed by atoms with E-state index in [2.05, 4.69) is 0 Å². The highest BCUT2D eigenvalue weighted by molar-refractivity contribution is 7.89. The van der Waals surface area contributed by atoms with Crippen LogP contribution in [0.4, 0.5) is 0 Å². The van der Waals surface area contributed by atoms with Crippen molar-refractivity contribution in [2.75, 3.05) is 40.4 Å². The Morgan fingerprint density at radius 2 is 1.48 bits per heavy atom. The van der Waals surface area contributed by atoms with Crippen LogP contribution < -0.4 is 9.47 Å². The number of carbonyl (C=O) groups excluding carboxylic acids is 1. The molecule has 0 N–H and O–H groups in total. The Balaban J connectivity index is 1.41. The maximum Gasteiger partial charge on any atom is 0.246 e. The van der Waals surface area contributed by atoms with Crippen molar-refractivity contribution in [3.63, 3.8) is 0 Å². The summed E-state index contributed by atoms with van der Waals surface area (Å²) in [5, 5.41) is 1.87. The summed E-state index contributed by atoms with van der Waals surface area (Å²) in [6, 6.07) is 18.2. The van der Waals surface area contributed by atoms with Crippen molar-refractivity contribution >= 4 is 32.8 Å². The molecule has 1 aliphatic heterocycles. The molecule has 0 aromatic heterocycles. The van der Waals surface area contributed by atoms with E-state index in [0.29, 0.717) is 24.6 Å². The van der Waals surface area contributed by atoms with Gasteiger partial charge in [-0.05, 0) is 46.7 Å². The lowest BCUT2D eigenvalue weighted by molar-refractivity contribution is -0.127. The van der Waals surface area contributed by atoms with Crippen molar-refractivity contribution in [3.05, 3.63) is 72.3 Å². The zero-order chi connectivity index (χ0) is 23.4. The van der Waals surface area contributed by atoms with E-state index >= 15 is 0 Å². The van der Waals surface area contributed by atoms with Crippen LogP contribution in [0.3, 0.4) is 0 Å². The number of piperazine rings is 1. The Labute approximate surface area is 193 Å². The summed E-state index contributed by atoms with van der Waals surface area (Å²) in [6.07, 6.45) is 3.19. The zero-order valence-corrected chi connectivity index (χ0v) is 19.4. The third-order valence-electron chi connectivity index (χ3n) is 5.70. The number of rotatable bonds is 6. The monoisotopic (exact) mass is 466 g/mol. The van der Waals surface area contributed by atoms with Gasteiger partial charge in [-0.3, -0.25) is 4.79 Å². The van der Waals surface area contributed by atoms with Gasteiger partial charge in [0.15, 0.2) is 0 Å². The number of sulfonamides is 1. The molecule has 3 aromatic rings. The molecular formula is C25H26N2O5S. The first-order chi connectivity index (χ1) is 15.9. The minimum atomic E-state index is -3.62. The highest BCUT2D eigenvalue weighted by Crippen LogP contribution is 2.24. The van der Waals surface area contributed by atoms with Crippen molar-refractivity contribution in [2.45, 2.75) is 4.90 Å². The molecule has 0 saturated carbocycles. The van der Waals surface area contributed by atoms with Gasteiger partial charge in [-0.25, -0.2) is 8.42 Å². The van der Waals surface area contributed by atoms with E-state index in [0.717, 1.165) is 16.3 Å². The quantitative estimate of drug-likeness (QED) is 0.521. The van der Waals surface area contributed by atoms with Gasteiger partial charge >= 0.3 is 0 Å². The number of benzene rings is 3. The fourth-order valence-corrected chi connectivity index (χ4v) is 5.28. The Bertz CT molecular complexity index is 1270. The smallest absolute Gasteiger partial charge is 0.246 e. The van der Waals surface area contributed by atoms with Gasteiger partial charge in [-0.1, -0.05) is 30.3 Å². The van der Waals surface area contributed by atoms with Crippen molar-refractivity contribution in [1.82, 2.24) is 9.21 Å². The molecule has 0 radical (unpaired) electrons. The summed E-state index contributed by atoms with van der Waals surface area (Å²) >= 11 is 0. The predicted octanol–water partition coefficient (Wildman–Crippen LogP) is 3.40. The molecule has 1 amide bonds. The molecule has 4 rings (SSSR count). The van der Waals surface area contributed by atoms with E-state index < -0.39 is 10.0 Å². The van der Waals surface area contributed by atoms with E-state index in [1.165, 1.54) is 10.4 Å². The molecule has 0 unspecified atom stereocenters. The van der Waals surface area contributed by atoms with Gasteiger partial charge in [-0.15, -0.1) is 0 Å². The maximum atomic E-state index is 13.1. The van der Waals surface area contributed by atoms with Gasteiger partial charge in [0.1, 0.15) is 11.5 Å². The molecule has 1 saturated heterocycles. The third kappa shape index (κ3) is 5.02. The molecule has 1 fully saturated rings. The number of amides is 1. The van der Waals surface area contributed by atoms with Crippen LogP contribution in [0.25, 0.3) is 16.8 Å². The van der Waals surface area contributed by atoms with Crippen molar-refractivity contribution in [3.8, 4) is 11.5 Å².